The summed E-state index contributed by atoms with van der Waals surface area (Å²) in [5.41, 5.74) is 4.07. The van der Waals surface area contributed by atoms with E-state index in [1.807, 2.05) is 155 Å². The van der Waals surface area contributed by atoms with Crippen LogP contribution in [0, 0.1) is 11.3 Å². The molecule has 3 N–H and O–H groups in total. The summed E-state index contributed by atoms with van der Waals surface area (Å²) < 4.78 is 24.7. The second-order valence-electron chi connectivity index (χ2n) is 14.4. The van der Waals surface area contributed by atoms with Gasteiger partial charge in [0.15, 0.2) is 0 Å². The highest BCUT2D eigenvalue weighted by molar-refractivity contribution is 7.43. The van der Waals surface area contributed by atoms with Crippen LogP contribution < -0.4 is 20.0 Å². The van der Waals surface area contributed by atoms with Crippen LogP contribution in [-0.2, 0) is 19.7 Å². The summed E-state index contributed by atoms with van der Waals surface area (Å²) in [6, 6.07) is 43.7. The molecule has 0 saturated heterocycles. The second-order valence-corrected chi connectivity index (χ2v) is 15.3. The molecule has 6 aromatic rings. The molecule has 58 heavy (non-hydrogen) atoms. The monoisotopic (exact) mass is 801 g/mol. The number of hydrogen-bond donors (Lipinski definition) is 3. The Labute approximate surface area is 342 Å². The molecule has 0 bridgehead atoms. The quantitative estimate of drug-likeness (QED) is 0.0296. The van der Waals surface area contributed by atoms with E-state index in [0.717, 1.165) is 44.2 Å². The number of ether oxygens (including phenoxy) is 3. The number of para-hydroxylation sites is 2. The molecule has 0 spiro atoms. The van der Waals surface area contributed by atoms with Gasteiger partial charge in [-0.2, -0.15) is 5.26 Å². The number of pyridine rings is 1. The van der Waals surface area contributed by atoms with Gasteiger partial charge in [-0.05, 0) is 80.8 Å². The van der Waals surface area contributed by atoms with Gasteiger partial charge in [0, 0.05) is 29.4 Å². The maximum absolute atomic E-state index is 11.4. The first-order valence-corrected chi connectivity index (χ1v) is 20.6. The Morgan fingerprint density at radius 1 is 0.707 bits per heavy atom. The summed E-state index contributed by atoms with van der Waals surface area (Å²) in [7, 11) is 0.933. The van der Waals surface area contributed by atoms with Gasteiger partial charge in [0.2, 0.25) is 0 Å². The Hall–Kier alpha value is -5.15. The summed E-state index contributed by atoms with van der Waals surface area (Å²) in [6.45, 7) is 8.46. The van der Waals surface area contributed by atoms with E-state index in [2.05, 4.69) is 21.5 Å². The van der Waals surface area contributed by atoms with Gasteiger partial charge in [0.1, 0.15) is 29.2 Å². The van der Waals surface area contributed by atoms with Crippen molar-refractivity contribution in [3.05, 3.63) is 144 Å². The fraction of sp³-hybridized carbons (Fsp3) is 0.304. The number of methoxy groups -OCH3 is 2. The highest BCUT2D eigenvalue weighted by Gasteiger charge is 2.39. The number of anilines is 1. The van der Waals surface area contributed by atoms with E-state index in [0.29, 0.717) is 11.5 Å². The van der Waals surface area contributed by atoms with Crippen molar-refractivity contribution in [3.63, 3.8) is 0 Å². The average molecular weight is 802 g/mol. The van der Waals surface area contributed by atoms with Gasteiger partial charge in [0.25, 0.3) is 8.53 Å². The Morgan fingerprint density at radius 3 is 1.71 bits per heavy atom. The number of benzene rings is 5. The van der Waals surface area contributed by atoms with E-state index in [1.165, 1.54) is 0 Å². The fourth-order valence-electron chi connectivity index (χ4n) is 7.51. The number of rotatable bonds is 20. The molecule has 2 unspecified atom stereocenters. The van der Waals surface area contributed by atoms with Gasteiger partial charge >= 0.3 is 0 Å². The third kappa shape index (κ3) is 9.75. The Balaban J connectivity index is 1.35. The zero-order chi connectivity index (χ0) is 41.1. The van der Waals surface area contributed by atoms with Crippen molar-refractivity contribution in [2.45, 2.75) is 57.5 Å². The molecule has 0 amide bonds. The first-order valence-electron chi connectivity index (χ1n) is 19.4. The highest BCUT2D eigenvalue weighted by Crippen LogP contribution is 2.42. The second kappa shape index (κ2) is 20.0. The normalized spacial score (nSPS) is 13.5. The molecule has 1 heterocycles. The van der Waals surface area contributed by atoms with Crippen molar-refractivity contribution in [1.29, 1.82) is 5.26 Å². The van der Waals surface area contributed by atoms with Crippen LogP contribution in [0.25, 0.3) is 21.8 Å². The number of nitrogens with zero attached hydrogens (tertiary/aromatic N) is 3. The summed E-state index contributed by atoms with van der Waals surface area (Å²) in [6.07, 6.45) is -0.730. The van der Waals surface area contributed by atoms with E-state index < -0.39 is 26.3 Å². The number of nitrogens with one attached hydrogen (secondary N) is 2. The van der Waals surface area contributed by atoms with E-state index in [1.54, 1.807) is 14.2 Å². The van der Waals surface area contributed by atoms with Gasteiger partial charge < -0.3 is 28.9 Å². The van der Waals surface area contributed by atoms with Crippen LogP contribution >= 0.6 is 8.53 Å². The standard InChI is InChI=1S/C46H52N5O6P/c1-32(2)51(33(3)4)37(28-47)30-56-50-58(52)57-40(29-48-45-41-16-10-12-18-43(41)49-44-19-13-11-17-42(44)45)31-55-46(34-14-8-7-9-15-34,35-20-24-38(53-5)25-21-35)36-22-26-39(54-6)27-23-36/h7-27,32-33,37,40,50,52H,29-31H2,1-6H3,(H,48,49)/t37?,40-,58?/m1/s1. The van der Waals surface area contributed by atoms with E-state index >= 15 is 0 Å². The summed E-state index contributed by atoms with van der Waals surface area (Å²) in [4.78, 5) is 24.1. The zero-order valence-electron chi connectivity index (χ0n) is 33.8. The van der Waals surface area contributed by atoms with Crippen molar-refractivity contribution in [2.24, 2.45) is 0 Å². The largest absolute Gasteiger partial charge is 0.497 e. The van der Waals surface area contributed by atoms with Gasteiger partial charge in [-0.25, -0.2) is 4.98 Å². The van der Waals surface area contributed by atoms with Crippen LogP contribution in [0.4, 0.5) is 5.69 Å². The maximum atomic E-state index is 11.4. The van der Waals surface area contributed by atoms with Crippen molar-refractivity contribution in [2.75, 3.05) is 39.3 Å². The van der Waals surface area contributed by atoms with Crippen molar-refractivity contribution in [3.8, 4) is 17.6 Å². The third-order valence-corrected chi connectivity index (χ3v) is 10.9. The minimum atomic E-state index is -2.34. The molecule has 0 fully saturated rings. The van der Waals surface area contributed by atoms with E-state index in [9.17, 15) is 10.2 Å². The molecule has 0 radical (unpaired) electrons. The first-order chi connectivity index (χ1) is 28.2. The molecule has 11 nitrogen and oxygen atoms in total. The molecule has 3 atom stereocenters. The molecule has 1 aromatic heterocycles. The fourth-order valence-corrected chi connectivity index (χ4v) is 8.15. The van der Waals surface area contributed by atoms with Gasteiger partial charge in [-0.15, -0.1) is 5.25 Å². The van der Waals surface area contributed by atoms with Gasteiger partial charge in [-0.3, -0.25) is 9.74 Å². The SMILES string of the molecule is COc1ccc(C(OC[C@@H](CNc2c3ccccc3nc3ccccc23)OP(O)NOCC(C#N)N(C(C)C)C(C)C)(c2ccccc2)c2ccc(OC)cc2)cc1. The Morgan fingerprint density at radius 2 is 1.21 bits per heavy atom. The minimum absolute atomic E-state index is 0.0239. The molecule has 302 valence electrons. The highest BCUT2D eigenvalue weighted by atomic mass is 31.2. The first kappa shape index (κ1) is 42.5. The van der Waals surface area contributed by atoms with Crippen LogP contribution in [0.1, 0.15) is 44.4 Å². The lowest BCUT2D eigenvalue weighted by Crippen LogP contribution is -2.47. The van der Waals surface area contributed by atoms with Crippen LogP contribution in [-0.4, -0.2) is 73.0 Å². The van der Waals surface area contributed by atoms with Crippen LogP contribution in [0.2, 0.25) is 0 Å². The lowest BCUT2D eigenvalue weighted by atomic mass is 9.80. The van der Waals surface area contributed by atoms with Gasteiger partial charge in [0.05, 0.1) is 50.2 Å². The smallest absolute Gasteiger partial charge is 0.278 e. The maximum Gasteiger partial charge on any atom is 0.278 e. The lowest BCUT2D eigenvalue weighted by molar-refractivity contribution is -0.0318. The molecule has 0 aliphatic carbocycles. The molecular weight excluding hydrogens is 750 g/mol. The minimum Gasteiger partial charge on any atom is -0.497 e. The number of aromatic nitrogens is 1. The molecule has 0 aliphatic heterocycles. The van der Waals surface area contributed by atoms with E-state index in [-0.39, 0.29) is 31.8 Å². The Bertz CT molecular complexity index is 2140. The predicted octanol–water partition coefficient (Wildman–Crippen LogP) is 8.96. The van der Waals surface area contributed by atoms with Crippen LogP contribution in [0.3, 0.4) is 0 Å². The zero-order valence-corrected chi connectivity index (χ0v) is 34.7. The number of hydrogen-bond acceptors (Lipinski definition) is 11. The summed E-state index contributed by atoms with van der Waals surface area (Å²) in [5.74, 6) is 1.42. The molecule has 0 saturated carbocycles. The summed E-state index contributed by atoms with van der Waals surface area (Å²) >= 11 is 0. The van der Waals surface area contributed by atoms with Crippen LogP contribution in [0.15, 0.2) is 127 Å². The molecule has 6 rings (SSSR count). The number of nitriles is 1. The third-order valence-electron chi connectivity index (χ3n) is 10.1. The number of fused-ring (bicyclic) bond motifs is 2. The average Bonchev–Trinajstić information content (AvgIpc) is 3.25. The molecule has 0 aliphatic rings. The molecule has 12 heteroatoms. The Kier molecular flexibility index (Phi) is 14.6. The van der Waals surface area contributed by atoms with E-state index in [4.69, 9.17) is 28.6 Å². The van der Waals surface area contributed by atoms with Crippen molar-refractivity contribution in [1.82, 2.24) is 15.1 Å². The van der Waals surface area contributed by atoms with Crippen LogP contribution in [0.5, 0.6) is 11.5 Å². The molecule has 5 aromatic carbocycles. The van der Waals surface area contributed by atoms with Crippen molar-refractivity contribution >= 4 is 36.0 Å². The predicted molar refractivity (Wildman–Crippen MR) is 231 cm³/mol. The topological polar surface area (TPSA) is 130 Å². The van der Waals surface area contributed by atoms with Gasteiger partial charge in [-0.1, -0.05) is 91.0 Å². The summed E-state index contributed by atoms with van der Waals surface area (Å²) in [5, 5.41) is 18.2. The van der Waals surface area contributed by atoms with Crippen molar-refractivity contribution < 1.29 is 28.5 Å². The molecular formula is C46H52N5O6P. The lowest BCUT2D eigenvalue weighted by Gasteiger charge is -2.37.